The SMILES string of the molecule is CCCCCCCCOC1CCC2CCC(O)CC2C1. The Labute approximate surface area is 125 Å². The summed E-state index contributed by atoms with van der Waals surface area (Å²) in [4.78, 5) is 0. The molecule has 0 heterocycles. The molecule has 0 aliphatic heterocycles. The van der Waals surface area contributed by atoms with Crippen LogP contribution in [0.25, 0.3) is 0 Å². The first-order chi connectivity index (χ1) is 9.79. The second-order valence-electron chi connectivity index (χ2n) is 7.06. The lowest BCUT2D eigenvalue weighted by Gasteiger charge is -2.40. The lowest BCUT2D eigenvalue weighted by molar-refractivity contribution is -0.0337. The third kappa shape index (κ3) is 5.37. The highest BCUT2D eigenvalue weighted by atomic mass is 16.5. The second-order valence-corrected chi connectivity index (χ2v) is 7.06. The highest BCUT2D eigenvalue weighted by molar-refractivity contribution is 4.86. The van der Waals surface area contributed by atoms with E-state index in [1.54, 1.807) is 0 Å². The lowest BCUT2D eigenvalue weighted by atomic mass is 9.69. The van der Waals surface area contributed by atoms with E-state index in [9.17, 15) is 5.11 Å². The van der Waals surface area contributed by atoms with Crippen molar-refractivity contribution >= 4 is 0 Å². The molecule has 0 spiro atoms. The summed E-state index contributed by atoms with van der Waals surface area (Å²) in [5.74, 6) is 1.62. The normalized spacial score (nSPS) is 33.9. The average molecular weight is 282 g/mol. The van der Waals surface area contributed by atoms with Crippen molar-refractivity contribution in [3.8, 4) is 0 Å². The van der Waals surface area contributed by atoms with Gasteiger partial charge >= 0.3 is 0 Å². The smallest absolute Gasteiger partial charge is 0.0578 e. The maximum absolute atomic E-state index is 9.81. The molecule has 4 atom stereocenters. The molecule has 2 heteroatoms. The highest BCUT2D eigenvalue weighted by Crippen LogP contribution is 2.41. The van der Waals surface area contributed by atoms with Gasteiger partial charge in [0.25, 0.3) is 0 Å². The molecule has 118 valence electrons. The van der Waals surface area contributed by atoms with Crippen LogP contribution in [0.3, 0.4) is 0 Å². The Hall–Kier alpha value is -0.0800. The van der Waals surface area contributed by atoms with Crippen LogP contribution in [-0.2, 0) is 4.74 Å². The van der Waals surface area contributed by atoms with Crippen molar-refractivity contribution in [3.05, 3.63) is 0 Å². The monoisotopic (exact) mass is 282 g/mol. The topological polar surface area (TPSA) is 29.5 Å². The molecule has 2 rings (SSSR count). The Morgan fingerprint density at radius 1 is 0.850 bits per heavy atom. The van der Waals surface area contributed by atoms with Gasteiger partial charge in [0.2, 0.25) is 0 Å². The summed E-state index contributed by atoms with van der Waals surface area (Å²) in [6.45, 7) is 3.22. The van der Waals surface area contributed by atoms with Crippen LogP contribution in [-0.4, -0.2) is 23.9 Å². The lowest BCUT2D eigenvalue weighted by Crippen LogP contribution is -2.35. The van der Waals surface area contributed by atoms with Crippen LogP contribution in [0, 0.1) is 11.8 Å². The van der Waals surface area contributed by atoms with E-state index in [0.717, 1.165) is 31.3 Å². The van der Waals surface area contributed by atoms with E-state index in [1.807, 2.05) is 0 Å². The van der Waals surface area contributed by atoms with Crippen LogP contribution < -0.4 is 0 Å². The quantitative estimate of drug-likeness (QED) is 0.654. The number of unbranched alkanes of at least 4 members (excludes halogenated alkanes) is 5. The first-order valence-electron chi connectivity index (χ1n) is 9.09. The Morgan fingerprint density at radius 2 is 1.60 bits per heavy atom. The van der Waals surface area contributed by atoms with Gasteiger partial charge in [0.15, 0.2) is 0 Å². The summed E-state index contributed by atoms with van der Waals surface area (Å²) >= 11 is 0. The summed E-state index contributed by atoms with van der Waals surface area (Å²) in [5, 5.41) is 9.81. The van der Waals surface area contributed by atoms with Gasteiger partial charge < -0.3 is 9.84 Å². The van der Waals surface area contributed by atoms with E-state index in [0.29, 0.717) is 6.10 Å². The Bertz CT molecular complexity index is 254. The molecule has 0 radical (unpaired) electrons. The maximum atomic E-state index is 9.81. The van der Waals surface area contributed by atoms with E-state index in [-0.39, 0.29) is 6.10 Å². The summed E-state index contributed by atoms with van der Waals surface area (Å²) < 4.78 is 6.09. The van der Waals surface area contributed by atoms with Gasteiger partial charge in [0, 0.05) is 6.61 Å². The molecule has 2 fully saturated rings. The third-order valence-electron chi connectivity index (χ3n) is 5.39. The predicted molar refractivity (Wildman–Crippen MR) is 83.8 cm³/mol. The molecule has 0 bridgehead atoms. The zero-order valence-electron chi connectivity index (χ0n) is 13.4. The van der Waals surface area contributed by atoms with Crippen LogP contribution in [0.4, 0.5) is 0 Å². The predicted octanol–water partition coefficient (Wildman–Crippen LogP) is 4.69. The number of rotatable bonds is 8. The molecule has 2 aliphatic rings. The van der Waals surface area contributed by atoms with Crippen molar-refractivity contribution in [1.29, 1.82) is 0 Å². The Kier molecular flexibility index (Phi) is 7.37. The van der Waals surface area contributed by atoms with E-state index >= 15 is 0 Å². The fourth-order valence-electron chi connectivity index (χ4n) is 4.11. The minimum Gasteiger partial charge on any atom is -0.393 e. The van der Waals surface area contributed by atoms with Crippen LogP contribution in [0.5, 0.6) is 0 Å². The van der Waals surface area contributed by atoms with Gasteiger partial charge in [-0.15, -0.1) is 0 Å². The zero-order valence-corrected chi connectivity index (χ0v) is 13.4. The molecule has 2 saturated carbocycles. The summed E-state index contributed by atoms with van der Waals surface area (Å²) in [6, 6.07) is 0. The molecule has 2 aliphatic carbocycles. The molecule has 0 saturated heterocycles. The number of fused-ring (bicyclic) bond motifs is 1. The molecule has 1 N–H and O–H groups in total. The van der Waals surface area contributed by atoms with E-state index < -0.39 is 0 Å². The molecule has 2 nitrogen and oxygen atoms in total. The fraction of sp³-hybridized carbons (Fsp3) is 1.00. The number of hydrogen-bond donors (Lipinski definition) is 1. The number of aliphatic hydroxyl groups is 1. The first kappa shape index (κ1) is 16.3. The molecular formula is C18H34O2. The van der Waals surface area contributed by atoms with Crippen LogP contribution in [0.2, 0.25) is 0 Å². The minimum absolute atomic E-state index is 0.0337. The van der Waals surface area contributed by atoms with Crippen molar-refractivity contribution < 1.29 is 9.84 Å². The van der Waals surface area contributed by atoms with Crippen molar-refractivity contribution in [1.82, 2.24) is 0 Å². The fourth-order valence-corrected chi connectivity index (χ4v) is 4.11. The van der Waals surface area contributed by atoms with Gasteiger partial charge in [0.05, 0.1) is 12.2 Å². The molecule has 0 amide bonds. The van der Waals surface area contributed by atoms with Crippen molar-refractivity contribution in [2.75, 3.05) is 6.61 Å². The van der Waals surface area contributed by atoms with E-state index in [1.165, 1.54) is 64.2 Å². The van der Waals surface area contributed by atoms with Crippen LogP contribution >= 0.6 is 0 Å². The molecule has 0 aromatic rings. The van der Waals surface area contributed by atoms with Gasteiger partial charge in [0.1, 0.15) is 0 Å². The Morgan fingerprint density at radius 3 is 2.45 bits per heavy atom. The molecule has 0 aromatic carbocycles. The highest BCUT2D eigenvalue weighted by Gasteiger charge is 2.35. The minimum atomic E-state index is -0.0337. The van der Waals surface area contributed by atoms with Crippen LogP contribution in [0.15, 0.2) is 0 Å². The van der Waals surface area contributed by atoms with Gasteiger partial charge in [-0.1, -0.05) is 39.0 Å². The summed E-state index contributed by atoms with van der Waals surface area (Å²) in [6.07, 6.45) is 15.6. The van der Waals surface area contributed by atoms with E-state index in [4.69, 9.17) is 4.74 Å². The van der Waals surface area contributed by atoms with Gasteiger partial charge in [-0.25, -0.2) is 0 Å². The average Bonchev–Trinajstić information content (AvgIpc) is 2.46. The van der Waals surface area contributed by atoms with E-state index in [2.05, 4.69) is 6.92 Å². The largest absolute Gasteiger partial charge is 0.393 e. The van der Waals surface area contributed by atoms with Crippen molar-refractivity contribution in [2.45, 2.75) is 96.2 Å². The van der Waals surface area contributed by atoms with Gasteiger partial charge in [-0.3, -0.25) is 0 Å². The van der Waals surface area contributed by atoms with Gasteiger partial charge in [-0.2, -0.15) is 0 Å². The van der Waals surface area contributed by atoms with Crippen molar-refractivity contribution in [2.24, 2.45) is 11.8 Å². The van der Waals surface area contributed by atoms with Crippen molar-refractivity contribution in [3.63, 3.8) is 0 Å². The summed E-state index contributed by atoms with van der Waals surface area (Å²) in [5.41, 5.74) is 0. The molecule has 0 aromatic heterocycles. The standard InChI is InChI=1S/C18H34O2/c1-2-3-4-5-6-7-12-20-18-11-9-15-8-10-17(19)13-16(15)14-18/h15-19H,2-14H2,1H3. The first-order valence-corrected chi connectivity index (χ1v) is 9.09. The number of aliphatic hydroxyl groups excluding tert-OH is 1. The number of hydrogen-bond acceptors (Lipinski definition) is 2. The summed E-state index contributed by atoms with van der Waals surface area (Å²) in [7, 11) is 0. The number of ether oxygens (including phenoxy) is 1. The molecule has 4 unspecified atom stereocenters. The Balaban J connectivity index is 1.53. The zero-order chi connectivity index (χ0) is 14.2. The molecule has 20 heavy (non-hydrogen) atoms. The second kappa shape index (κ2) is 9.04. The van der Waals surface area contributed by atoms with Gasteiger partial charge in [-0.05, 0) is 56.8 Å². The third-order valence-corrected chi connectivity index (χ3v) is 5.39. The maximum Gasteiger partial charge on any atom is 0.0578 e. The van der Waals surface area contributed by atoms with Crippen LogP contribution in [0.1, 0.15) is 84.0 Å². The molecular weight excluding hydrogens is 248 g/mol.